The highest BCUT2D eigenvalue weighted by atomic mass is 32.1. The molecule has 1 N–H and O–H groups in total. The fourth-order valence-corrected chi connectivity index (χ4v) is 3.55. The lowest BCUT2D eigenvalue weighted by molar-refractivity contribution is 0.411. The summed E-state index contributed by atoms with van der Waals surface area (Å²) in [6, 6.07) is 0.473. The van der Waals surface area contributed by atoms with Gasteiger partial charge in [-0.05, 0) is 19.4 Å². The van der Waals surface area contributed by atoms with Crippen LogP contribution in [0.25, 0.3) is 10.6 Å². The van der Waals surface area contributed by atoms with Gasteiger partial charge in [0.1, 0.15) is 5.01 Å². The number of hydrogen-bond acceptors (Lipinski definition) is 5. The van der Waals surface area contributed by atoms with Crippen molar-refractivity contribution in [2.75, 3.05) is 6.54 Å². The van der Waals surface area contributed by atoms with Crippen LogP contribution in [0.5, 0.6) is 0 Å². The molecule has 2 aromatic rings. The first kappa shape index (κ1) is 10.4. The average molecular weight is 251 g/mol. The Labute approximate surface area is 103 Å². The fourth-order valence-electron chi connectivity index (χ4n) is 1.97. The lowest BCUT2D eigenvalue weighted by atomic mass is 10.1. The van der Waals surface area contributed by atoms with Gasteiger partial charge in [0.2, 0.25) is 0 Å². The SMILES string of the molecule is c1ncc(-c2csc(C3CCCCN3)n2)s1. The number of nitrogens with one attached hydrogen (secondary N) is 1. The predicted molar refractivity (Wildman–Crippen MR) is 67.8 cm³/mol. The molecule has 1 saturated heterocycles. The summed E-state index contributed by atoms with van der Waals surface area (Å²) in [5, 5.41) is 6.89. The zero-order valence-electron chi connectivity index (χ0n) is 8.85. The van der Waals surface area contributed by atoms with Crippen molar-refractivity contribution in [2.24, 2.45) is 0 Å². The van der Waals surface area contributed by atoms with Crippen LogP contribution >= 0.6 is 22.7 Å². The minimum Gasteiger partial charge on any atom is -0.308 e. The Morgan fingerprint density at radius 3 is 3.06 bits per heavy atom. The summed E-state index contributed by atoms with van der Waals surface area (Å²) in [6.45, 7) is 1.13. The zero-order valence-corrected chi connectivity index (χ0v) is 10.5. The molecule has 0 aliphatic carbocycles. The molecular weight excluding hydrogens is 238 g/mol. The summed E-state index contributed by atoms with van der Waals surface area (Å²) in [6.07, 6.45) is 5.71. The number of thiazole rings is 2. The molecule has 2 aromatic heterocycles. The summed E-state index contributed by atoms with van der Waals surface area (Å²) in [5.74, 6) is 0. The maximum Gasteiger partial charge on any atom is 0.110 e. The van der Waals surface area contributed by atoms with E-state index in [1.807, 2.05) is 11.7 Å². The molecule has 0 radical (unpaired) electrons. The van der Waals surface area contributed by atoms with E-state index in [1.165, 1.54) is 29.1 Å². The van der Waals surface area contributed by atoms with E-state index in [2.05, 4.69) is 15.7 Å². The molecule has 1 aliphatic heterocycles. The van der Waals surface area contributed by atoms with Gasteiger partial charge in [-0.3, -0.25) is 4.98 Å². The molecule has 16 heavy (non-hydrogen) atoms. The quantitative estimate of drug-likeness (QED) is 0.891. The smallest absolute Gasteiger partial charge is 0.110 e. The lowest BCUT2D eigenvalue weighted by Gasteiger charge is -2.21. The van der Waals surface area contributed by atoms with Crippen LogP contribution in [0.1, 0.15) is 30.3 Å². The van der Waals surface area contributed by atoms with Crippen molar-refractivity contribution in [3.05, 3.63) is 22.1 Å². The third-order valence-corrected chi connectivity index (χ3v) is 4.57. The van der Waals surface area contributed by atoms with Gasteiger partial charge in [-0.25, -0.2) is 4.98 Å². The van der Waals surface area contributed by atoms with Crippen molar-refractivity contribution in [3.8, 4) is 10.6 Å². The zero-order chi connectivity index (χ0) is 10.8. The van der Waals surface area contributed by atoms with E-state index in [-0.39, 0.29) is 0 Å². The van der Waals surface area contributed by atoms with Crippen LogP contribution in [0, 0.1) is 0 Å². The van der Waals surface area contributed by atoms with Gasteiger partial charge < -0.3 is 5.32 Å². The average Bonchev–Trinajstić information content (AvgIpc) is 3.01. The molecule has 3 nitrogen and oxygen atoms in total. The molecular formula is C11H13N3S2. The molecule has 3 rings (SSSR count). The van der Waals surface area contributed by atoms with E-state index >= 15 is 0 Å². The highest BCUT2D eigenvalue weighted by Crippen LogP contribution is 2.30. The van der Waals surface area contributed by atoms with Gasteiger partial charge in [-0.1, -0.05) is 6.42 Å². The van der Waals surface area contributed by atoms with Gasteiger partial charge in [0, 0.05) is 11.6 Å². The Kier molecular flexibility index (Phi) is 2.99. The van der Waals surface area contributed by atoms with Gasteiger partial charge in [-0.2, -0.15) is 0 Å². The second-order valence-corrected chi connectivity index (χ2v) is 5.72. The van der Waals surface area contributed by atoms with Crippen molar-refractivity contribution in [1.29, 1.82) is 0 Å². The van der Waals surface area contributed by atoms with Crippen molar-refractivity contribution >= 4 is 22.7 Å². The molecule has 3 heterocycles. The second kappa shape index (κ2) is 4.61. The summed E-state index contributed by atoms with van der Waals surface area (Å²) in [5.41, 5.74) is 2.93. The largest absolute Gasteiger partial charge is 0.308 e. The molecule has 0 bridgehead atoms. The van der Waals surface area contributed by atoms with Crippen LogP contribution in [0.3, 0.4) is 0 Å². The van der Waals surface area contributed by atoms with Crippen LogP contribution in [-0.2, 0) is 0 Å². The molecule has 0 spiro atoms. The number of aromatic nitrogens is 2. The summed E-state index contributed by atoms with van der Waals surface area (Å²) < 4.78 is 0. The normalized spacial score (nSPS) is 21.1. The highest BCUT2D eigenvalue weighted by molar-refractivity contribution is 7.14. The van der Waals surface area contributed by atoms with E-state index in [0.717, 1.165) is 12.2 Å². The van der Waals surface area contributed by atoms with E-state index in [1.54, 1.807) is 22.7 Å². The Balaban J connectivity index is 1.82. The predicted octanol–water partition coefficient (Wildman–Crippen LogP) is 3.08. The first-order valence-corrected chi connectivity index (χ1v) is 7.27. The Morgan fingerprint density at radius 2 is 2.31 bits per heavy atom. The fraction of sp³-hybridized carbons (Fsp3) is 0.455. The van der Waals surface area contributed by atoms with E-state index in [4.69, 9.17) is 4.98 Å². The minimum atomic E-state index is 0.473. The van der Waals surface area contributed by atoms with Gasteiger partial charge in [0.25, 0.3) is 0 Å². The first-order valence-electron chi connectivity index (χ1n) is 5.51. The molecule has 5 heteroatoms. The Morgan fingerprint density at radius 1 is 1.31 bits per heavy atom. The lowest BCUT2D eigenvalue weighted by Crippen LogP contribution is -2.26. The maximum absolute atomic E-state index is 4.70. The molecule has 1 unspecified atom stereocenters. The molecule has 1 atom stereocenters. The van der Waals surface area contributed by atoms with Gasteiger partial charge in [-0.15, -0.1) is 22.7 Å². The van der Waals surface area contributed by atoms with E-state index in [9.17, 15) is 0 Å². The standard InChI is InChI=1S/C11H13N3S2/c1-2-4-13-8(3-1)11-14-9(6-15-11)10-5-12-7-16-10/h5-8,13H,1-4H2. The topological polar surface area (TPSA) is 37.8 Å². The minimum absolute atomic E-state index is 0.473. The molecule has 0 aromatic carbocycles. The number of piperidine rings is 1. The van der Waals surface area contributed by atoms with Crippen LogP contribution in [0.2, 0.25) is 0 Å². The highest BCUT2D eigenvalue weighted by Gasteiger charge is 2.18. The van der Waals surface area contributed by atoms with Crippen molar-refractivity contribution in [2.45, 2.75) is 25.3 Å². The second-order valence-electron chi connectivity index (χ2n) is 3.94. The van der Waals surface area contributed by atoms with Crippen molar-refractivity contribution < 1.29 is 0 Å². The van der Waals surface area contributed by atoms with E-state index < -0.39 is 0 Å². The molecule has 0 saturated carbocycles. The summed E-state index contributed by atoms with van der Waals surface area (Å²) >= 11 is 3.41. The third-order valence-electron chi connectivity index (χ3n) is 2.82. The summed E-state index contributed by atoms with van der Waals surface area (Å²) in [4.78, 5) is 9.96. The first-order chi connectivity index (χ1) is 7.93. The van der Waals surface area contributed by atoms with E-state index in [0.29, 0.717) is 6.04 Å². The molecule has 0 amide bonds. The van der Waals surface area contributed by atoms with Gasteiger partial charge >= 0.3 is 0 Å². The number of nitrogens with zero attached hydrogens (tertiary/aromatic N) is 2. The van der Waals surface area contributed by atoms with Crippen LogP contribution in [-0.4, -0.2) is 16.5 Å². The van der Waals surface area contributed by atoms with Crippen LogP contribution in [0.15, 0.2) is 17.1 Å². The molecule has 1 fully saturated rings. The maximum atomic E-state index is 4.70. The molecule has 1 aliphatic rings. The Hall–Kier alpha value is -0.780. The van der Waals surface area contributed by atoms with Crippen LogP contribution in [0.4, 0.5) is 0 Å². The third kappa shape index (κ3) is 2.03. The summed E-state index contributed by atoms with van der Waals surface area (Å²) in [7, 11) is 0. The van der Waals surface area contributed by atoms with Gasteiger partial charge in [0.15, 0.2) is 0 Å². The van der Waals surface area contributed by atoms with Crippen molar-refractivity contribution in [3.63, 3.8) is 0 Å². The molecule has 84 valence electrons. The Bertz CT molecular complexity index is 444. The number of hydrogen-bond donors (Lipinski definition) is 1. The van der Waals surface area contributed by atoms with Gasteiger partial charge in [0.05, 0.1) is 22.1 Å². The number of rotatable bonds is 2. The van der Waals surface area contributed by atoms with Crippen molar-refractivity contribution in [1.82, 2.24) is 15.3 Å². The monoisotopic (exact) mass is 251 g/mol. The van der Waals surface area contributed by atoms with Crippen LogP contribution < -0.4 is 5.32 Å².